The number of nitrogens with zero attached hydrogens (tertiary/aromatic N) is 2. The summed E-state index contributed by atoms with van der Waals surface area (Å²) in [5.41, 5.74) is 0.0891. The van der Waals surface area contributed by atoms with Crippen molar-refractivity contribution in [1.29, 1.82) is 0 Å². The molecule has 1 atom stereocenters. The van der Waals surface area contributed by atoms with Crippen LogP contribution in [-0.2, 0) is 4.74 Å². The van der Waals surface area contributed by atoms with Crippen molar-refractivity contribution < 1.29 is 14.3 Å². The second-order valence-electron chi connectivity index (χ2n) is 6.02. The molecule has 1 aliphatic rings. The summed E-state index contributed by atoms with van der Waals surface area (Å²) in [6.45, 7) is 6.48. The molecule has 0 spiro atoms. The van der Waals surface area contributed by atoms with Crippen molar-refractivity contribution in [2.75, 3.05) is 13.1 Å². The van der Waals surface area contributed by atoms with Gasteiger partial charge in [0.05, 0.1) is 0 Å². The number of carbonyl (C=O) groups is 2. The van der Waals surface area contributed by atoms with Gasteiger partial charge in [-0.05, 0) is 39.3 Å². The van der Waals surface area contributed by atoms with Crippen LogP contribution in [0.3, 0.4) is 0 Å². The summed E-state index contributed by atoms with van der Waals surface area (Å²) in [7, 11) is 0. The molecule has 108 valence electrons. The largest absolute Gasteiger partial charge is 0.444 e. The fourth-order valence-corrected chi connectivity index (χ4v) is 2.21. The van der Waals surface area contributed by atoms with Gasteiger partial charge in [-0.15, -0.1) is 0 Å². The number of Topliss-reactive ketones (excluding diaryl/α,β-unsaturated/α-hetero) is 1. The predicted molar refractivity (Wildman–Crippen MR) is 74.5 cm³/mol. The smallest absolute Gasteiger partial charge is 0.410 e. The van der Waals surface area contributed by atoms with Crippen molar-refractivity contribution >= 4 is 11.9 Å². The van der Waals surface area contributed by atoms with Crippen LogP contribution in [0.5, 0.6) is 0 Å². The van der Waals surface area contributed by atoms with Gasteiger partial charge in [0.25, 0.3) is 0 Å². The highest BCUT2D eigenvalue weighted by Gasteiger charge is 2.33. The zero-order valence-electron chi connectivity index (χ0n) is 12.1. The van der Waals surface area contributed by atoms with Crippen LogP contribution in [0.4, 0.5) is 4.79 Å². The van der Waals surface area contributed by atoms with E-state index in [0.29, 0.717) is 25.1 Å². The Bertz CT molecular complexity index is 494. The molecule has 1 aromatic heterocycles. The number of aromatic nitrogens is 1. The second kappa shape index (κ2) is 5.61. The summed E-state index contributed by atoms with van der Waals surface area (Å²) < 4.78 is 5.32. The monoisotopic (exact) mass is 276 g/mol. The minimum atomic E-state index is -0.511. The fourth-order valence-electron chi connectivity index (χ4n) is 2.21. The van der Waals surface area contributed by atoms with Crippen molar-refractivity contribution in [3.63, 3.8) is 0 Å². The van der Waals surface area contributed by atoms with Gasteiger partial charge in [0.1, 0.15) is 5.60 Å². The van der Waals surface area contributed by atoms with E-state index in [9.17, 15) is 9.59 Å². The average molecular weight is 276 g/mol. The summed E-state index contributed by atoms with van der Waals surface area (Å²) in [5, 5.41) is 0. The number of ketones is 1. The van der Waals surface area contributed by atoms with Gasteiger partial charge in [-0.1, -0.05) is 0 Å². The third-order valence-electron chi connectivity index (χ3n) is 3.16. The Morgan fingerprint density at radius 2 is 2.15 bits per heavy atom. The Balaban J connectivity index is 1.96. The molecular weight excluding hydrogens is 256 g/mol. The maximum absolute atomic E-state index is 12.3. The molecular formula is C15H20N2O3. The highest BCUT2D eigenvalue weighted by Crippen LogP contribution is 2.22. The lowest BCUT2D eigenvalue weighted by Gasteiger charge is -2.24. The molecule has 0 N–H and O–H groups in total. The Morgan fingerprint density at radius 1 is 1.40 bits per heavy atom. The highest BCUT2D eigenvalue weighted by molar-refractivity contribution is 5.98. The van der Waals surface area contributed by atoms with Crippen molar-refractivity contribution in [2.45, 2.75) is 32.8 Å². The number of hydrogen-bond acceptors (Lipinski definition) is 4. The van der Waals surface area contributed by atoms with E-state index in [1.165, 1.54) is 0 Å². The van der Waals surface area contributed by atoms with Crippen LogP contribution in [0.25, 0.3) is 0 Å². The van der Waals surface area contributed by atoms with Gasteiger partial charge in [-0.2, -0.15) is 0 Å². The quantitative estimate of drug-likeness (QED) is 0.779. The van der Waals surface area contributed by atoms with Gasteiger partial charge in [-0.25, -0.2) is 4.79 Å². The van der Waals surface area contributed by atoms with E-state index in [4.69, 9.17) is 4.74 Å². The number of ether oxygens (including phenoxy) is 1. The molecule has 0 saturated carbocycles. The van der Waals surface area contributed by atoms with Crippen LogP contribution in [0, 0.1) is 5.92 Å². The number of hydrogen-bond donors (Lipinski definition) is 0. The molecule has 20 heavy (non-hydrogen) atoms. The number of likely N-dealkylation sites (tertiary alicyclic amines) is 1. The van der Waals surface area contributed by atoms with Crippen LogP contribution < -0.4 is 0 Å². The van der Waals surface area contributed by atoms with Gasteiger partial charge >= 0.3 is 6.09 Å². The average Bonchev–Trinajstić information content (AvgIpc) is 2.86. The number of carbonyl (C=O) groups excluding carboxylic acids is 2. The summed E-state index contributed by atoms with van der Waals surface area (Å²) in [6.07, 6.45) is 3.53. The first-order valence-electron chi connectivity index (χ1n) is 6.79. The molecule has 5 heteroatoms. The third kappa shape index (κ3) is 3.56. The van der Waals surface area contributed by atoms with Crippen LogP contribution in [0.2, 0.25) is 0 Å². The van der Waals surface area contributed by atoms with Gasteiger partial charge in [-0.3, -0.25) is 9.78 Å². The molecule has 0 aromatic carbocycles. The van der Waals surface area contributed by atoms with E-state index in [-0.39, 0.29) is 17.8 Å². The van der Waals surface area contributed by atoms with E-state index in [1.54, 1.807) is 29.4 Å². The molecule has 5 nitrogen and oxygen atoms in total. The van der Waals surface area contributed by atoms with Crippen molar-refractivity contribution in [1.82, 2.24) is 9.88 Å². The van der Waals surface area contributed by atoms with Gasteiger partial charge in [0.2, 0.25) is 0 Å². The molecule has 1 saturated heterocycles. The first kappa shape index (κ1) is 14.5. The summed E-state index contributed by atoms with van der Waals surface area (Å²) >= 11 is 0. The van der Waals surface area contributed by atoms with Gasteiger partial charge < -0.3 is 9.64 Å². The number of rotatable bonds is 2. The molecule has 1 fully saturated rings. The van der Waals surface area contributed by atoms with Crippen molar-refractivity contribution in [3.05, 3.63) is 30.1 Å². The molecule has 1 aliphatic heterocycles. The van der Waals surface area contributed by atoms with E-state index >= 15 is 0 Å². The molecule has 0 bridgehead atoms. The number of pyridine rings is 1. The first-order chi connectivity index (χ1) is 9.37. The Labute approximate surface area is 118 Å². The normalized spacial score (nSPS) is 18.9. The van der Waals surface area contributed by atoms with Crippen LogP contribution in [0.1, 0.15) is 37.6 Å². The summed E-state index contributed by atoms with van der Waals surface area (Å²) in [4.78, 5) is 29.8. The van der Waals surface area contributed by atoms with Crippen LogP contribution >= 0.6 is 0 Å². The Hall–Kier alpha value is -1.91. The molecule has 2 heterocycles. The Morgan fingerprint density at radius 3 is 2.75 bits per heavy atom. The van der Waals surface area contributed by atoms with E-state index in [2.05, 4.69) is 4.98 Å². The lowest BCUT2D eigenvalue weighted by molar-refractivity contribution is 0.0289. The minimum absolute atomic E-state index is 0.0455. The van der Waals surface area contributed by atoms with E-state index in [0.717, 1.165) is 0 Å². The van der Waals surface area contributed by atoms with Crippen LogP contribution in [-0.4, -0.2) is 40.5 Å². The second-order valence-corrected chi connectivity index (χ2v) is 6.02. The lowest BCUT2D eigenvalue weighted by Crippen LogP contribution is -2.35. The zero-order chi connectivity index (χ0) is 14.8. The maximum atomic E-state index is 12.3. The topological polar surface area (TPSA) is 59.5 Å². The SMILES string of the molecule is CC(C)(C)OC(=O)N1CCC(C(=O)c2cccnc2)C1. The molecule has 2 rings (SSSR count). The van der Waals surface area contributed by atoms with Crippen LogP contribution in [0.15, 0.2) is 24.5 Å². The Kier molecular flexibility index (Phi) is 4.06. The van der Waals surface area contributed by atoms with E-state index in [1.807, 2.05) is 20.8 Å². The minimum Gasteiger partial charge on any atom is -0.444 e. The summed E-state index contributed by atoms with van der Waals surface area (Å²) in [5.74, 6) is -0.115. The van der Waals surface area contributed by atoms with Crippen molar-refractivity contribution in [2.24, 2.45) is 5.92 Å². The molecule has 0 aliphatic carbocycles. The summed E-state index contributed by atoms with van der Waals surface area (Å²) in [6, 6.07) is 3.50. The molecule has 1 unspecified atom stereocenters. The first-order valence-corrected chi connectivity index (χ1v) is 6.79. The predicted octanol–water partition coefficient (Wildman–Crippen LogP) is 2.52. The van der Waals surface area contributed by atoms with Gasteiger partial charge in [0, 0.05) is 37.0 Å². The zero-order valence-corrected chi connectivity index (χ0v) is 12.1. The van der Waals surface area contributed by atoms with Gasteiger partial charge in [0.15, 0.2) is 5.78 Å². The fraction of sp³-hybridized carbons (Fsp3) is 0.533. The maximum Gasteiger partial charge on any atom is 0.410 e. The van der Waals surface area contributed by atoms with E-state index < -0.39 is 5.60 Å². The molecule has 0 radical (unpaired) electrons. The lowest BCUT2D eigenvalue weighted by atomic mass is 9.98. The highest BCUT2D eigenvalue weighted by atomic mass is 16.6. The molecule has 1 aromatic rings. The van der Waals surface area contributed by atoms with Crippen molar-refractivity contribution in [3.8, 4) is 0 Å². The number of amides is 1. The standard InChI is InChI=1S/C15H20N2O3/c1-15(2,3)20-14(19)17-8-6-12(10-17)13(18)11-5-4-7-16-9-11/h4-5,7,9,12H,6,8,10H2,1-3H3. The third-order valence-corrected chi connectivity index (χ3v) is 3.16. The molecule has 1 amide bonds.